The van der Waals surface area contributed by atoms with E-state index in [0.717, 1.165) is 45.1 Å². The first-order chi connectivity index (χ1) is 9.95. The lowest BCUT2D eigenvalue weighted by Crippen LogP contribution is -2.44. The van der Waals surface area contributed by atoms with Crippen molar-refractivity contribution in [3.05, 3.63) is 29.6 Å². The van der Waals surface area contributed by atoms with Gasteiger partial charge < -0.3 is 10.1 Å². The monoisotopic (exact) mass is 303 g/mol. The van der Waals surface area contributed by atoms with Crippen molar-refractivity contribution in [3.8, 4) is 0 Å². The van der Waals surface area contributed by atoms with Gasteiger partial charge in [0, 0.05) is 38.4 Å². The van der Waals surface area contributed by atoms with Gasteiger partial charge in [-0.1, -0.05) is 0 Å². The molecule has 1 N–H and O–H groups in total. The highest BCUT2D eigenvalue weighted by Gasteiger charge is 2.30. The van der Waals surface area contributed by atoms with Gasteiger partial charge in [0.1, 0.15) is 0 Å². The van der Waals surface area contributed by atoms with Crippen molar-refractivity contribution >= 4 is 0 Å². The summed E-state index contributed by atoms with van der Waals surface area (Å²) >= 11 is 0. The molecule has 2 rings (SSSR count). The van der Waals surface area contributed by atoms with Crippen LogP contribution in [0.1, 0.15) is 18.2 Å². The van der Waals surface area contributed by atoms with E-state index >= 15 is 0 Å². The molecule has 0 aromatic carbocycles. The van der Waals surface area contributed by atoms with E-state index < -0.39 is 11.7 Å². The molecule has 1 fully saturated rings. The van der Waals surface area contributed by atoms with E-state index in [-0.39, 0.29) is 6.04 Å². The second-order valence-corrected chi connectivity index (χ2v) is 5.23. The fraction of sp³-hybridized carbons (Fsp3) is 0.643. The quantitative estimate of drug-likeness (QED) is 0.902. The Hall–Kier alpha value is -1.18. The average Bonchev–Trinajstić information content (AvgIpc) is 2.46. The lowest BCUT2D eigenvalue weighted by molar-refractivity contribution is -0.137. The zero-order chi connectivity index (χ0) is 15.3. The number of morpholine rings is 1. The number of ether oxygens (including phenoxy) is 1. The predicted molar refractivity (Wildman–Crippen MR) is 72.8 cm³/mol. The highest BCUT2D eigenvalue weighted by molar-refractivity contribution is 5.16. The van der Waals surface area contributed by atoms with Gasteiger partial charge in [-0.25, -0.2) is 0 Å². The summed E-state index contributed by atoms with van der Waals surface area (Å²) in [5.74, 6) is 0. The molecule has 0 amide bonds. The van der Waals surface area contributed by atoms with E-state index in [1.54, 1.807) is 0 Å². The zero-order valence-electron chi connectivity index (χ0n) is 12.0. The van der Waals surface area contributed by atoms with Crippen molar-refractivity contribution in [2.45, 2.75) is 25.7 Å². The van der Waals surface area contributed by atoms with Crippen LogP contribution in [0.25, 0.3) is 0 Å². The van der Waals surface area contributed by atoms with E-state index in [1.165, 1.54) is 6.07 Å². The van der Waals surface area contributed by atoms with Gasteiger partial charge >= 0.3 is 6.18 Å². The van der Waals surface area contributed by atoms with Crippen LogP contribution in [0.15, 0.2) is 18.3 Å². The van der Waals surface area contributed by atoms with E-state index in [2.05, 4.69) is 22.1 Å². The van der Waals surface area contributed by atoms with E-state index in [4.69, 9.17) is 4.74 Å². The first-order valence-electron chi connectivity index (χ1n) is 7.01. The van der Waals surface area contributed by atoms with Crippen molar-refractivity contribution in [3.63, 3.8) is 0 Å². The molecule has 1 saturated heterocycles. The maximum absolute atomic E-state index is 12.4. The Balaban J connectivity index is 1.76. The summed E-state index contributed by atoms with van der Waals surface area (Å²) in [7, 11) is 0. The number of nitrogens with one attached hydrogen (secondary N) is 1. The number of halogens is 3. The molecule has 1 aromatic rings. The minimum atomic E-state index is -4.33. The van der Waals surface area contributed by atoms with Gasteiger partial charge in [0.15, 0.2) is 0 Å². The van der Waals surface area contributed by atoms with Gasteiger partial charge in [0.25, 0.3) is 0 Å². The summed E-state index contributed by atoms with van der Waals surface area (Å²) < 4.78 is 42.6. The molecular weight excluding hydrogens is 283 g/mol. The molecule has 1 aromatic heterocycles. The summed E-state index contributed by atoms with van der Waals surface area (Å²) in [6.45, 7) is 6.77. The maximum atomic E-state index is 12.4. The van der Waals surface area contributed by atoms with Crippen LogP contribution in [0.2, 0.25) is 0 Å². The van der Waals surface area contributed by atoms with Gasteiger partial charge in [-0.05, 0) is 19.1 Å². The molecule has 2 heterocycles. The van der Waals surface area contributed by atoms with Crippen LogP contribution in [0.3, 0.4) is 0 Å². The fourth-order valence-corrected chi connectivity index (χ4v) is 2.21. The highest BCUT2D eigenvalue weighted by Crippen LogP contribution is 2.28. The topological polar surface area (TPSA) is 37.4 Å². The van der Waals surface area contributed by atoms with Crippen LogP contribution in [0.5, 0.6) is 0 Å². The zero-order valence-corrected chi connectivity index (χ0v) is 12.0. The van der Waals surface area contributed by atoms with Crippen molar-refractivity contribution in [2.24, 2.45) is 0 Å². The second kappa shape index (κ2) is 7.20. The fourth-order valence-electron chi connectivity index (χ4n) is 2.21. The SMILES string of the molecule is CC(CN1CCOCC1)NCc1ccc(C(F)(F)F)cn1. The minimum Gasteiger partial charge on any atom is -0.379 e. The molecular formula is C14H20F3N3O. The molecule has 1 aliphatic rings. The Labute approximate surface area is 122 Å². The van der Waals surface area contributed by atoms with Crippen LogP contribution in [0, 0.1) is 0 Å². The third-order valence-corrected chi connectivity index (χ3v) is 3.42. The lowest BCUT2D eigenvalue weighted by Gasteiger charge is -2.29. The highest BCUT2D eigenvalue weighted by atomic mass is 19.4. The van der Waals surface area contributed by atoms with E-state index in [0.29, 0.717) is 12.2 Å². The number of nitrogens with zero attached hydrogens (tertiary/aromatic N) is 2. The summed E-state index contributed by atoms with van der Waals surface area (Å²) in [4.78, 5) is 6.15. The molecule has 21 heavy (non-hydrogen) atoms. The Bertz CT molecular complexity index is 430. The predicted octanol–water partition coefficient (Wildman–Crippen LogP) is 1.91. The molecule has 1 atom stereocenters. The molecule has 0 aliphatic carbocycles. The van der Waals surface area contributed by atoms with Gasteiger partial charge in [0.2, 0.25) is 0 Å². The molecule has 0 radical (unpaired) electrons. The Morgan fingerprint density at radius 1 is 1.33 bits per heavy atom. The van der Waals surface area contributed by atoms with E-state index in [1.807, 2.05) is 0 Å². The summed E-state index contributed by atoms with van der Waals surface area (Å²) in [6.07, 6.45) is -3.45. The summed E-state index contributed by atoms with van der Waals surface area (Å²) in [6, 6.07) is 2.72. The number of pyridine rings is 1. The Morgan fingerprint density at radius 3 is 2.62 bits per heavy atom. The molecule has 0 bridgehead atoms. The molecule has 0 spiro atoms. The normalized spacial score (nSPS) is 18.7. The van der Waals surface area contributed by atoms with Gasteiger partial charge in [-0.3, -0.25) is 9.88 Å². The Morgan fingerprint density at radius 2 is 2.05 bits per heavy atom. The first kappa shape index (κ1) is 16.2. The van der Waals surface area contributed by atoms with Crippen LogP contribution in [-0.2, 0) is 17.5 Å². The van der Waals surface area contributed by atoms with Crippen molar-refractivity contribution in [1.29, 1.82) is 0 Å². The summed E-state index contributed by atoms with van der Waals surface area (Å²) in [5, 5.41) is 3.28. The molecule has 1 unspecified atom stereocenters. The first-order valence-corrected chi connectivity index (χ1v) is 7.01. The number of alkyl halides is 3. The largest absolute Gasteiger partial charge is 0.417 e. The third kappa shape index (κ3) is 5.26. The smallest absolute Gasteiger partial charge is 0.379 e. The van der Waals surface area contributed by atoms with Crippen LogP contribution < -0.4 is 5.32 Å². The summed E-state index contributed by atoms with van der Waals surface area (Å²) in [5.41, 5.74) is -0.107. The maximum Gasteiger partial charge on any atom is 0.417 e. The standard InChI is InChI=1S/C14H20F3N3O/c1-11(10-20-4-6-21-7-5-20)18-9-13-3-2-12(8-19-13)14(15,16)17/h2-3,8,11,18H,4-7,9-10H2,1H3. The Kier molecular flexibility index (Phi) is 5.55. The van der Waals surface area contributed by atoms with Crippen LogP contribution in [0.4, 0.5) is 13.2 Å². The van der Waals surface area contributed by atoms with Crippen LogP contribution >= 0.6 is 0 Å². The number of aromatic nitrogens is 1. The van der Waals surface area contributed by atoms with Gasteiger partial charge in [-0.2, -0.15) is 13.2 Å². The van der Waals surface area contributed by atoms with Crippen LogP contribution in [-0.4, -0.2) is 48.8 Å². The molecule has 4 nitrogen and oxygen atoms in total. The van der Waals surface area contributed by atoms with Crippen molar-refractivity contribution in [2.75, 3.05) is 32.8 Å². The van der Waals surface area contributed by atoms with E-state index in [9.17, 15) is 13.2 Å². The second-order valence-electron chi connectivity index (χ2n) is 5.23. The van der Waals surface area contributed by atoms with Gasteiger partial charge in [0.05, 0.1) is 24.5 Å². The molecule has 0 saturated carbocycles. The van der Waals surface area contributed by atoms with Crippen molar-refractivity contribution in [1.82, 2.24) is 15.2 Å². The lowest BCUT2D eigenvalue weighted by atomic mass is 10.2. The molecule has 7 heteroatoms. The minimum absolute atomic E-state index is 0.243. The van der Waals surface area contributed by atoms with Gasteiger partial charge in [-0.15, -0.1) is 0 Å². The number of hydrogen-bond acceptors (Lipinski definition) is 4. The number of rotatable bonds is 5. The van der Waals surface area contributed by atoms with Crippen molar-refractivity contribution < 1.29 is 17.9 Å². The molecule has 1 aliphatic heterocycles. The number of hydrogen-bond donors (Lipinski definition) is 1. The molecule has 118 valence electrons. The average molecular weight is 303 g/mol. The third-order valence-electron chi connectivity index (χ3n) is 3.42.